The van der Waals surface area contributed by atoms with Gasteiger partial charge in [-0.25, -0.2) is 0 Å². The Balaban J connectivity index is 0.965. The molecule has 4 fully saturated rings. The molecule has 0 aromatic heterocycles. The van der Waals surface area contributed by atoms with Gasteiger partial charge in [0.05, 0.1) is 63.7 Å². The number of thiocarbonyl (C=S) groups is 1. The van der Waals surface area contributed by atoms with Crippen LogP contribution < -0.4 is 22.1 Å². The fraction of sp³-hybridized carbons (Fsp3) is 0.963. The van der Waals surface area contributed by atoms with Crippen molar-refractivity contribution in [1.29, 1.82) is 0 Å². The van der Waals surface area contributed by atoms with E-state index in [2.05, 4.69) is 10.6 Å². The van der Waals surface area contributed by atoms with E-state index in [0.29, 0.717) is 71.1 Å². The van der Waals surface area contributed by atoms with Gasteiger partial charge >= 0.3 is 0 Å². The minimum Gasteiger partial charge on any atom is -0.363 e. The molecule has 0 bridgehead atoms. The van der Waals surface area contributed by atoms with Crippen molar-refractivity contribution in [3.8, 4) is 0 Å². The molecule has 4 saturated heterocycles. The summed E-state index contributed by atoms with van der Waals surface area (Å²) in [6.45, 7) is 7.52. The third kappa shape index (κ3) is 10.2. The van der Waals surface area contributed by atoms with Crippen LogP contribution in [0.25, 0.3) is 0 Å². The maximum atomic E-state index is 5.97. The van der Waals surface area contributed by atoms with E-state index < -0.39 is 0 Å². The van der Waals surface area contributed by atoms with Crippen molar-refractivity contribution >= 4 is 17.3 Å². The molecule has 4 rings (SSSR count). The zero-order valence-electron chi connectivity index (χ0n) is 23.8. The fourth-order valence-corrected chi connectivity index (χ4v) is 5.29. The van der Waals surface area contributed by atoms with Gasteiger partial charge < -0.3 is 60.0 Å². The predicted molar refractivity (Wildman–Crippen MR) is 151 cm³/mol. The summed E-state index contributed by atoms with van der Waals surface area (Å²) < 4.78 is 47.3. The molecule has 0 aromatic carbocycles. The smallest absolute Gasteiger partial charge is 0.166 e. The van der Waals surface area contributed by atoms with Crippen LogP contribution >= 0.6 is 12.2 Å². The first-order valence-corrected chi connectivity index (χ1v) is 15.3. The third-order valence-corrected chi connectivity index (χ3v) is 7.98. The molecule has 4 aliphatic heterocycles. The van der Waals surface area contributed by atoms with Crippen LogP contribution in [0, 0.1) is 10.8 Å². The maximum absolute atomic E-state index is 5.97. The Labute approximate surface area is 243 Å². The van der Waals surface area contributed by atoms with Gasteiger partial charge in [-0.05, 0) is 63.8 Å². The van der Waals surface area contributed by atoms with Crippen LogP contribution in [0.1, 0.15) is 51.4 Å². The highest BCUT2D eigenvalue weighted by molar-refractivity contribution is 7.80. The number of hydrogen-bond donors (Lipinski definition) is 4. The zero-order valence-corrected chi connectivity index (χ0v) is 24.6. The molecule has 0 radical (unpaired) electrons. The van der Waals surface area contributed by atoms with Crippen LogP contribution in [0.15, 0.2) is 0 Å². The Morgan fingerprint density at radius 1 is 0.525 bits per heavy atom. The van der Waals surface area contributed by atoms with Gasteiger partial charge in [0.2, 0.25) is 0 Å². The molecule has 13 heteroatoms. The van der Waals surface area contributed by atoms with Crippen LogP contribution in [-0.4, -0.2) is 109 Å². The zero-order chi connectivity index (χ0) is 28.1. The van der Waals surface area contributed by atoms with E-state index in [4.69, 9.17) is 61.6 Å². The summed E-state index contributed by atoms with van der Waals surface area (Å²) in [5.41, 5.74) is 10.7. The molecule has 4 heterocycles. The Hall–Kier alpha value is -0.710. The van der Waals surface area contributed by atoms with Crippen LogP contribution in [0.3, 0.4) is 0 Å². The van der Waals surface area contributed by atoms with Gasteiger partial charge in [0.1, 0.15) is 0 Å². The lowest BCUT2D eigenvalue weighted by atomic mass is 9.90. The van der Waals surface area contributed by atoms with Gasteiger partial charge in [-0.15, -0.1) is 0 Å². The first-order valence-electron chi connectivity index (χ1n) is 14.9. The number of rotatable bonds is 14. The highest BCUT2D eigenvalue weighted by Crippen LogP contribution is 2.33. The second kappa shape index (κ2) is 16.8. The van der Waals surface area contributed by atoms with Crippen molar-refractivity contribution < 1.29 is 37.9 Å². The predicted octanol–water partition coefficient (Wildman–Crippen LogP) is 0.953. The SMILES string of the molecule is NCCCC1OCC2(CO1)COC(CCCNC(=S)NCCCC1OCC3(COC(CCCN)OC3)CO1)OC2. The number of hydrogen-bond acceptors (Lipinski definition) is 11. The quantitative estimate of drug-likeness (QED) is 0.168. The highest BCUT2D eigenvalue weighted by Gasteiger charge is 2.43. The number of ether oxygens (including phenoxy) is 8. The molecule has 0 unspecified atom stereocenters. The molecular formula is C27H50N4O8S. The van der Waals surface area contributed by atoms with Crippen LogP contribution in [0.2, 0.25) is 0 Å². The number of nitrogens with one attached hydrogen (secondary N) is 2. The molecular weight excluding hydrogens is 540 g/mol. The van der Waals surface area contributed by atoms with Gasteiger partial charge in [0, 0.05) is 25.9 Å². The molecule has 0 aliphatic carbocycles. The van der Waals surface area contributed by atoms with Crippen molar-refractivity contribution in [3.63, 3.8) is 0 Å². The summed E-state index contributed by atoms with van der Waals surface area (Å²) in [5.74, 6) is 0. The van der Waals surface area contributed by atoms with Crippen LogP contribution in [-0.2, 0) is 37.9 Å². The van der Waals surface area contributed by atoms with E-state index in [9.17, 15) is 0 Å². The topological polar surface area (TPSA) is 150 Å². The lowest BCUT2D eigenvalue weighted by Crippen LogP contribution is -2.52. The highest BCUT2D eigenvalue weighted by atomic mass is 32.1. The fourth-order valence-electron chi connectivity index (χ4n) is 5.09. The number of nitrogens with two attached hydrogens (primary N) is 2. The summed E-state index contributed by atoms with van der Waals surface area (Å²) >= 11 is 5.41. The van der Waals surface area contributed by atoms with Crippen LogP contribution in [0.4, 0.5) is 0 Å². The monoisotopic (exact) mass is 590 g/mol. The van der Waals surface area contributed by atoms with Crippen molar-refractivity contribution in [2.24, 2.45) is 22.3 Å². The molecule has 0 atom stereocenters. The van der Waals surface area contributed by atoms with Gasteiger partial charge in [-0.3, -0.25) is 0 Å². The van der Waals surface area contributed by atoms with E-state index in [1.807, 2.05) is 0 Å². The molecule has 0 aromatic rings. The van der Waals surface area contributed by atoms with E-state index in [-0.39, 0.29) is 36.0 Å². The first-order chi connectivity index (χ1) is 19.5. The minimum atomic E-state index is -0.207. The lowest BCUT2D eigenvalue weighted by molar-refractivity contribution is -0.304. The average molecular weight is 591 g/mol. The van der Waals surface area contributed by atoms with E-state index in [0.717, 1.165) is 64.5 Å². The molecule has 4 aliphatic rings. The van der Waals surface area contributed by atoms with Gasteiger partial charge in [0.15, 0.2) is 30.3 Å². The standard InChI is InChI=1S/C27H50N4O8S/c28-9-1-5-21-32-13-26(14-33-21)17-36-23(37-18-26)7-3-11-30-25(40)31-12-4-8-24-38-19-27(20-39-24)15-34-22(35-16-27)6-2-10-29/h21-24H,1-20,28-29H2,(H2,30,31,40). The molecule has 0 amide bonds. The summed E-state index contributed by atoms with van der Waals surface area (Å²) in [6.07, 6.45) is 6.09. The average Bonchev–Trinajstić information content (AvgIpc) is 2.99. The van der Waals surface area contributed by atoms with E-state index >= 15 is 0 Å². The summed E-state index contributed by atoms with van der Waals surface area (Å²) in [7, 11) is 0. The normalized spacial score (nSPS) is 34.6. The molecule has 40 heavy (non-hydrogen) atoms. The first kappa shape index (κ1) is 32.2. The van der Waals surface area contributed by atoms with Crippen molar-refractivity contribution in [3.05, 3.63) is 0 Å². The van der Waals surface area contributed by atoms with Gasteiger partial charge in [0.25, 0.3) is 0 Å². The molecule has 0 saturated carbocycles. The van der Waals surface area contributed by atoms with Crippen LogP contribution in [0.5, 0.6) is 0 Å². The largest absolute Gasteiger partial charge is 0.363 e. The van der Waals surface area contributed by atoms with Gasteiger partial charge in [-0.2, -0.15) is 0 Å². The molecule has 2 spiro atoms. The van der Waals surface area contributed by atoms with Gasteiger partial charge in [-0.1, -0.05) is 0 Å². The Kier molecular flexibility index (Phi) is 13.5. The van der Waals surface area contributed by atoms with Crippen molar-refractivity contribution in [1.82, 2.24) is 10.6 Å². The van der Waals surface area contributed by atoms with Crippen molar-refractivity contribution in [2.45, 2.75) is 76.5 Å². The summed E-state index contributed by atoms with van der Waals surface area (Å²) in [5, 5.41) is 7.16. The second-order valence-corrected chi connectivity index (χ2v) is 11.9. The maximum Gasteiger partial charge on any atom is 0.166 e. The third-order valence-electron chi connectivity index (χ3n) is 7.70. The second-order valence-electron chi connectivity index (χ2n) is 11.5. The van der Waals surface area contributed by atoms with E-state index in [1.165, 1.54) is 0 Å². The molecule has 232 valence electrons. The Morgan fingerprint density at radius 2 is 0.800 bits per heavy atom. The minimum absolute atomic E-state index is 0.162. The molecule has 6 N–H and O–H groups in total. The van der Waals surface area contributed by atoms with E-state index in [1.54, 1.807) is 0 Å². The summed E-state index contributed by atoms with van der Waals surface area (Å²) in [6, 6.07) is 0. The lowest BCUT2D eigenvalue weighted by Gasteiger charge is -2.43. The van der Waals surface area contributed by atoms with Crippen molar-refractivity contribution in [2.75, 3.05) is 79.0 Å². The Bertz CT molecular complexity index is 659. The summed E-state index contributed by atoms with van der Waals surface area (Å²) in [4.78, 5) is 0. The Morgan fingerprint density at radius 3 is 1.07 bits per heavy atom. The molecule has 12 nitrogen and oxygen atoms in total.